The number of hydrogen-bond donors (Lipinski definition) is 1. The van der Waals surface area contributed by atoms with Crippen molar-refractivity contribution in [3.63, 3.8) is 0 Å². The van der Waals surface area contributed by atoms with Gasteiger partial charge in [0.05, 0.1) is 24.5 Å². The van der Waals surface area contributed by atoms with Crippen LogP contribution in [0.15, 0.2) is 18.2 Å². The molecular formula is C22H27NO6. The zero-order valence-corrected chi connectivity index (χ0v) is 17.7. The summed E-state index contributed by atoms with van der Waals surface area (Å²) < 4.78 is 16.4. The molecule has 1 atom stereocenters. The Morgan fingerprint density at radius 2 is 1.66 bits per heavy atom. The third kappa shape index (κ3) is 4.85. The van der Waals surface area contributed by atoms with E-state index in [0.29, 0.717) is 41.5 Å². The SMILES string of the molecule is CCOc1ccc(C(=O)O[C@@H](C)C(=O)c2[nH]c(C)c(C(C)=O)c2C)cc1OCC. The first kappa shape index (κ1) is 22.2. The van der Waals surface area contributed by atoms with E-state index in [2.05, 4.69) is 4.98 Å². The average Bonchev–Trinajstić information content (AvgIpc) is 2.97. The molecule has 0 aliphatic heterocycles. The zero-order valence-electron chi connectivity index (χ0n) is 17.7. The topological polar surface area (TPSA) is 94.7 Å². The summed E-state index contributed by atoms with van der Waals surface area (Å²) >= 11 is 0. The van der Waals surface area contributed by atoms with Crippen LogP contribution in [0.3, 0.4) is 0 Å². The number of H-pyrrole nitrogens is 1. The minimum Gasteiger partial charge on any atom is -0.490 e. The van der Waals surface area contributed by atoms with Crippen LogP contribution in [0, 0.1) is 13.8 Å². The Morgan fingerprint density at radius 1 is 1.03 bits per heavy atom. The maximum atomic E-state index is 12.8. The summed E-state index contributed by atoms with van der Waals surface area (Å²) in [4.78, 5) is 40.0. The van der Waals surface area contributed by atoms with Crippen LogP contribution in [0.2, 0.25) is 0 Å². The molecule has 0 amide bonds. The fraction of sp³-hybridized carbons (Fsp3) is 0.409. The Labute approximate surface area is 170 Å². The molecule has 1 N–H and O–H groups in total. The van der Waals surface area contributed by atoms with Gasteiger partial charge in [0.25, 0.3) is 0 Å². The first-order valence-corrected chi connectivity index (χ1v) is 9.56. The summed E-state index contributed by atoms with van der Waals surface area (Å²) in [6.45, 7) is 10.9. The van der Waals surface area contributed by atoms with Gasteiger partial charge in [0.1, 0.15) is 0 Å². The summed E-state index contributed by atoms with van der Waals surface area (Å²) in [6, 6.07) is 4.73. The van der Waals surface area contributed by atoms with Crippen LogP contribution < -0.4 is 9.47 Å². The minimum atomic E-state index is -1.03. The number of aromatic nitrogens is 1. The molecule has 156 valence electrons. The van der Waals surface area contributed by atoms with E-state index in [1.54, 1.807) is 26.0 Å². The first-order chi connectivity index (χ1) is 13.7. The van der Waals surface area contributed by atoms with Crippen LogP contribution in [-0.4, -0.2) is 41.8 Å². The van der Waals surface area contributed by atoms with E-state index in [4.69, 9.17) is 14.2 Å². The van der Waals surface area contributed by atoms with Crippen molar-refractivity contribution >= 4 is 17.5 Å². The van der Waals surface area contributed by atoms with Crippen LogP contribution in [-0.2, 0) is 4.74 Å². The first-order valence-electron chi connectivity index (χ1n) is 9.56. The Kier molecular flexibility index (Phi) is 7.20. The average molecular weight is 401 g/mol. The van der Waals surface area contributed by atoms with Gasteiger partial charge < -0.3 is 19.2 Å². The van der Waals surface area contributed by atoms with Gasteiger partial charge in [-0.25, -0.2) is 4.79 Å². The molecule has 29 heavy (non-hydrogen) atoms. The van der Waals surface area contributed by atoms with E-state index in [9.17, 15) is 14.4 Å². The second-order valence-corrected chi connectivity index (χ2v) is 6.62. The van der Waals surface area contributed by atoms with Gasteiger partial charge in [-0.05, 0) is 65.3 Å². The lowest BCUT2D eigenvalue weighted by Crippen LogP contribution is -2.25. The number of ether oxygens (including phenoxy) is 3. The van der Waals surface area contributed by atoms with Crippen molar-refractivity contribution in [2.45, 2.75) is 47.6 Å². The number of nitrogens with one attached hydrogen (secondary N) is 1. The number of Topliss-reactive ketones (excluding diaryl/α,β-unsaturated/α-hetero) is 2. The molecule has 1 heterocycles. The number of rotatable bonds is 9. The molecule has 0 saturated carbocycles. The predicted molar refractivity (Wildman–Crippen MR) is 108 cm³/mol. The second kappa shape index (κ2) is 9.41. The van der Waals surface area contributed by atoms with Gasteiger partial charge in [0.2, 0.25) is 5.78 Å². The Hall–Kier alpha value is -3.09. The smallest absolute Gasteiger partial charge is 0.338 e. The fourth-order valence-electron chi connectivity index (χ4n) is 3.19. The molecule has 0 fully saturated rings. The van der Waals surface area contributed by atoms with E-state index < -0.39 is 17.9 Å². The van der Waals surface area contributed by atoms with Crippen molar-refractivity contribution in [2.75, 3.05) is 13.2 Å². The summed E-state index contributed by atoms with van der Waals surface area (Å²) in [5.74, 6) is -0.211. The van der Waals surface area contributed by atoms with Gasteiger partial charge in [0, 0.05) is 11.3 Å². The highest BCUT2D eigenvalue weighted by molar-refractivity contribution is 6.05. The molecular weight excluding hydrogens is 374 g/mol. The number of hydrogen-bond acceptors (Lipinski definition) is 6. The Balaban J connectivity index is 2.20. The molecule has 0 spiro atoms. The predicted octanol–water partition coefficient (Wildman–Crippen LogP) is 4.06. The summed E-state index contributed by atoms with van der Waals surface area (Å²) in [5, 5.41) is 0. The molecule has 0 bridgehead atoms. The molecule has 0 unspecified atom stereocenters. The minimum absolute atomic E-state index is 0.127. The number of benzene rings is 1. The third-order valence-corrected chi connectivity index (χ3v) is 4.47. The van der Waals surface area contributed by atoms with Crippen molar-refractivity contribution in [2.24, 2.45) is 0 Å². The zero-order chi connectivity index (χ0) is 21.7. The summed E-state index contributed by atoms with van der Waals surface area (Å²) in [5.41, 5.74) is 2.18. The highest BCUT2D eigenvalue weighted by Gasteiger charge is 2.26. The lowest BCUT2D eigenvalue weighted by molar-refractivity contribution is 0.0316. The van der Waals surface area contributed by atoms with Crippen molar-refractivity contribution < 1.29 is 28.6 Å². The van der Waals surface area contributed by atoms with Crippen molar-refractivity contribution in [1.29, 1.82) is 0 Å². The normalized spacial score (nSPS) is 11.7. The van der Waals surface area contributed by atoms with Crippen LogP contribution in [0.5, 0.6) is 11.5 Å². The lowest BCUT2D eigenvalue weighted by atomic mass is 10.0. The van der Waals surface area contributed by atoms with Gasteiger partial charge in [-0.3, -0.25) is 9.59 Å². The van der Waals surface area contributed by atoms with Gasteiger partial charge in [-0.2, -0.15) is 0 Å². The van der Waals surface area contributed by atoms with Gasteiger partial charge in [-0.1, -0.05) is 0 Å². The van der Waals surface area contributed by atoms with Crippen LogP contribution in [0.4, 0.5) is 0 Å². The van der Waals surface area contributed by atoms with E-state index in [1.165, 1.54) is 19.9 Å². The Morgan fingerprint density at radius 3 is 2.21 bits per heavy atom. The number of ketones is 2. The van der Waals surface area contributed by atoms with Crippen molar-refractivity contribution in [3.8, 4) is 11.5 Å². The number of esters is 1. The van der Waals surface area contributed by atoms with E-state index in [0.717, 1.165) is 0 Å². The number of aryl methyl sites for hydroxylation is 1. The molecule has 7 heteroatoms. The van der Waals surface area contributed by atoms with Crippen molar-refractivity contribution in [3.05, 3.63) is 46.3 Å². The summed E-state index contributed by atoms with van der Waals surface area (Å²) in [7, 11) is 0. The molecule has 0 radical (unpaired) electrons. The quantitative estimate of drug-likeness (QED) is 0.503. The molecule has 0 saturated heterocycles. The fourth-order valence-corrected chi connectivity index (χ4v) is 3.19. The van der Waals surface area contributed by atoms with Crippen LogP contribution in [0.1, 0.15) is 70.2 Å². The maximum absolute atomic E-state index is 12.8. The molecule has 2 rings (SSSR count). The maximum Gasteiger partial charge on any atom is 0.338 e. The van der Waals surface area contributed by atoms with E-state index in [1.807, 2.05) is 13.8 Å². The molecule has 0 aliphatic carbocycles. The van der Waals surface area contributed by atoms with Crippen LogP contribution in [0.25, 0.3) is 0 Å². The van der Waals surface area contributed by atoms with Gasteiger partial charge in [-0.15, -0.1) is 0 Å². The molecule has 7 nitrogen and oxygen atoms in total. The third-order valence-electron chi connectivity index (χ3n) is 4.47. The van der Waals surface area contributed by atoms with E-state index >= 15 is 0 Å². The molecule has 1 aromatic heterocycles. The highest BCUT2D eigenvalue weighted by atomic mass is 16.5. The largest absolute Gasteiger partial charge is 0.490 e. The monoisotopic (exact) mass is 401 g/mol. The van der Waals surface area contributed by atoms with Gasteiger partial charge in [0.15, 0.2) is 23.4 Å². The molecule has 2 aromatic rings. The van der Waals surface area contributed by atoms with Crippen LogP contribution >= 0.6 is 0 Å². The Bertz CT molecular complexity index is 928. The summed E-state index contributed by atoms with van der Waals surface area (Å²) in [6.07, 6.45) is -1.03. The van der Waals surface area contributed by atoms with E-state index in [-0.39, 0.29) is 17.0 Å². The number of carbonyl (C=O) groups is 3. The highest BCUT2D eigenvalue weighted by Crippen LogP contribution is 2.29. The number of carbonyl (C=O) groups excluding carboxylic acids is 3. The van der Waals surface area contributed by atoms with Gasteiger partial charge >= 0.3 is 5.97 Å². The molecule has 1 aromatic carbocycles. The van der Waals surface area contributed by atoms with Crippen molar-refractivity contribution in [1.82, 2.24) is 4.98 Å². The standard InChI is InChI=1S/C22H27NO6/c1-7-27-17-10-9-16(11-18(17)28-8-2)22(26)29-15(6)21(25)20-12(3)19(14(5)24)13(4)23-20/h9-11,15,23H,7-8H2,1-6H3/t15-/m0/s1. The number of aromatic amines is 1. The second-order valence-electron chi connectivity index (χ2n) is 6.62. The lowest BCUT2D eigenvalue weighted by Gasteiger charge is -2.14. The molecule has 0 aliphatic rings.